The summed E-state index contributed by atoms with van der Waals surface area (Å²) in [6.07, 6.45) is 0.439. The van der Waals surface area contributed by atoms with E-state index in [4.69, 9.17) is 18.6 Å². The van der Waals surface area contributed by atoms with Crippen LogP contribution < -0.4 is 5.32 Å². The maximum Gasteiger partial charge on any atom is 0.408 e. The summed E-state index contributed by atoms with van der Waals surface area (Å²) in [5.41, 5.74) is 0.387. The zero-order valence-corrected chi connectivity index (χ0v) is 22.4. The number of rotatable bonds is 9. The number of nitrogens with zero attached hydrogens (tertiary/aromatic N) is 3. The number of thiazole rings is 2. The fraction of sp³-hybridized carbons (Fsp3) is 0.478. The van der Waals surface area contributed by atoms with Gasteiger partial charge in [0.05, 0.1) is 17.7 Å². The summed E-state index contributed by atoms with van der Waals surface area (Å²) in [5, 5.41) is 6.96. The van der Waals surface area contributed by atoms with Crippen LogP contribution in [0.2, 0.25) is 0 Å². The van der Waals surface area contributed by atoms with Gasteiger partial charge in [-0.1, -0.05) is 0 Å². The lowest BCUT2D eigenvalue weighted by Crippen LogP contribution is -2.46. The van der Waals surface area contributed by atoms with Crippen LogP contribution in [0.15, 0.2) is 21.4 Å². The van der Waals surface area contributed by atoms with Crippen LogP contribution in [-0.2, 0) is 25.4 Å². The van der Waals surface area contributed by atoms with Gasteiger partial charge in [-0.15, -0.1) is 22.7 Å². The van der Waals surface area contributed by atoms with E-state index in [0.717, 1.165) is 0 Å². The van der Waals surface area contributed by atoms with Crippen LogP contribution in [-0.4, -0.2) is 57.3 Å². The number of alkyl carbamates (subject to hydrolysis) is 1. The maximum absolute atomic E-state index is 12.6. The Labute approximate surface area is 216 Å². The molecule has 13 heteroatoms. The molecule has 3 heterocycles. The molecule has 0 spiro atoms. The van der Waals surface area contributed by atoms with E-state index in [1.807, 2.05) is 0 Å². The number of hydrogen-bond donors (Lipinski definition) is 1. The van der Waals surface area contributed by atoms with Crippen molar-refractivity contribution in [3.63, 3.8) is 0 Å². The number of ether oxygens (including phenoxy) is 3. The highest BCUT2D eigenvalue weighted by Gasteiger charge is 2.28. The minimum absolute atomic E-state index is 0.0956. The highest BCUT2D eigenvalue weighted by molar-refractivity contribution is 7.13. The highest BCUT2D eigenvalue weighted by atomic mass is 32.1. The standard InChI is InChI=1S/C23H28N4O7S2/c1-7-31-20(28)16-11-36-19(26-16)14-9-32-18(25-14)15-10-35-17(24-15)8-13(21(29)33-12(2)3)27-22(30)34-23(4,5)6/h9-13H,7-8H2,1-6H3,(H,27,30)/t13-/m0/s1. The van der Waals surface area contributed by atoms with Gasteiger partial charge in [0.1, 0.15) is 34.3 Å². The van der Waals surface area contributed by atoms with Crippen molar-refractivity contribution >= 4 is 40.7 Å². The molecule has 0 aromatic carbocycles. The lowest BCUT2D eigenvalue weighted by molar-refractivity contribution is -0.149. The van der Waals surface area contributed by atoms with Crippen LogP contribution in [0.25, 0.3) is 22.3 Å². The molecule has 11 nitrogen and oxygen atoms in total. The quantitative estimate of drug-likeness (QED) is 0.307. The zero-order valence-electron chi connectivity index (χ0n) is 20.8. The summed E-state index contributed by atoms with van der Waals surface area (Å²) in [4.78, 5) is 49.9. The molecule has 3 aromatic rings. The number of carbonyl (C=O) groups excluding carboxylic acids is 3. The predicted octanol–water partition coefficient (Wildman–Crippen LogP) is 4.49. The minimum Gasteiger partial charge on any atom is -0.461 e. The molecule has 0 radical (unpaired) electrons. The molecule has 0 bridgehead atoms. The molecule has 0 saturated heterocycles. The zero-order chi connectivity index (χ0) is 26.5. The number of hydrogen-bond acceptors (Lipinski definition) is 12. The fourth-order valence-electron chi connectivity index (χ4n) is 2.81. The van der Waals surface area contributed by atoms with E-state index in [9.17, 15) is 14.4 Å². The number of aromatic nitrogens is 3. The first-order valence-corrected chi connectivity index (χ1v) is 12.9. The van der Waals surface area contributed by atoms with Crippen molar-refractivity contribution in [2.75, 3.05) is 6.61 Å². The number of amides is 1. The third-order valence-electron chi connectivity index (χ3n) is 4.19. The molecule has 0 aliphatic heterocycles. The van der Waals surface area contributed by atoms with Gasteiger partial charge in [0.15, 0.2) is 5.69 Å². The van der Waals surface area contributed by atoms with E-state index in [1.165, 1.54) is 28.9 Å². The van der Waals surface area contributed by atoms with E-state index in [2.05, 4.69) is 20.3 Å². The first kappa shape index (κ1) is 27.3. The molecule has 1 amide bonds. The largest absolute Gasteiger partial charge is 0.461 e. The molecule has 0 saturated carbocycles. The molecule has 3 aromatic heterocycles. The number of oxazole rings is 1. The molecule has 194 valence electrons. The van der Waals surface area contributed by atoms with Gasteiger partial charge in [-0.2, -0.15) is 0 Å². The first-order valence-electron chi connectivity index (χ1n) is 11.2. The van der Waals surface area contributed by atoms with Gasteiger partial charge in [0.2, 0.25) is 5.89 Å². The predicted molar refractivity (Wildman–Crippen MR) is 133 cm³/mol. The van der Waals surface area contributed by atoms with Gasteiger partial charge in [-0.3, -0.25) is 0 Å². The molecule has 3 rings (SSSR count). The highest BCUT2D eigenvalue weighted by Crippen LogP contribution is 2.28. The Hall–Kier alpha value is -3.32. The number of nitrogens with one attached hydrogen (secondary N) is 1. The third-order valence-corrected chi connectivity index (χ3v) is 5.92. The normalized spacial score (nSPS) is 12.3. The van der Waals surface area contributed by atoms with Gasteiger partial charge in [-0.25, -0.2) is 29.3 Å². The molecular formula is C23H28N4O7S2. The Kier molecular flexibility index (Phi) is 8.79. The summed E-state index contributed by atoms with van der Waals surface area (Å²) in [6, 6.07) is -0.988. The van der Waals surface area contributed by atoms with E-state index < -0.39 is 29.7 Å². The van der Waals surface area contributed by atoms with Crippen LogP contribution in [0.3, 0.4) is 0 Å². The molecule has 0 aliphatic carbocycles. The molecule has 1 N–H and O–H groups in total. The van der Waals surface area contributed by atoms with Crippen LogP contribution >= 0.6 is 22.7 Å². The lowest BCUT2D eigenvalue weighted by Gasteiger charge is -2.23. The van der Waals surface area contributed by atoms with E-state index in [1.54, 1.807) is 52.3 Å². The topological polar surface area (TPSA) is 143 Å². The maximum atomic E-state index is 12.6. The second kappa shape index (κ2) is 11.6. The van der Waals surface area contributed by atoms with Crippen LogP contribution in [0.4, 0.5) is 4.79 Å². The lowest BCUT2D eigenvalue weighted by atomic mass is 10.2. The molecule has 0 unspecified atom stereocenters. The average Bonchev–Trinajstić information content (AvgIpc) is 3.51. The minimum atomic E-state index is -0.988. The molecule has 1 atom stereocenters. The van der Waals surface area contributed by atoms with Gasteiger partial charge in [-0.05, 0) is 41.5 Å². The Morgan fingerprint density at radius 3 is 2.50 bits per heavy atom. The van der Waals surface area contributed by atoms with Gasteiger partial charge in [0.25, 0.3) is 0 Å². The Bertz CT molecular complexity index is 1210. The summed E-state index contributed by atoms with van der Waals surface area (Å²) >= 11 is 2.52. The number of carbonyl (C=O) groups is 3. The summed E-state index contributed by atoms with van der Waals surface area (Å²) in [7, 11) is 0. The van der Waals surface area contributed by atoms with Crippen LogP contribution in [0.5, 0.6) is 0 Å². The monoisotopic (exact) mass is 536 g/mol. The van der Waals surface area contributed by atoms with Crippen LogP contribution in [0.1, 0.15) is 57.0 Å². The SMILES string of the molecule is CCOC(=O)c1csc(-c2coc(-c3csc(C[C@H](NC(=O)OC(C)(C)C)C(=O)OC(C)C)n3)n2)n1. The van der Waals surface area contributed by atoms with Crippen molar-refractivity contribution in [3.8, 4) is 22.3 Å². The van der Waals surface area contributed by atoms with Crippen molar-refractivity contribution in [1.29, 1.82) is 0 Å². The van der Waals surface area contributed by atoms with Crippen molar-refractivity contribution in [3.05, 3.63) is 27.7 Å². The van der Waals surface area contributed by atoms with Gasteiger partial charge < -0.3 is 23.9 Å². The fourth-order valence-corrected chi connectivity index (χ4v) is 4.37. The van der Waals surface area contributed by atoms with E-state index >= 15 is 0 Å². The Morgan fingerprint density at radius 1 is 1.08 bits per heavy atom. The van der Waals surface area contributed by atoms with Crippen molar-refractivity contribution in [1.82, 2.24) is 20.3 Å². The van der Waals surface area contributed by atoms with E-state index in [0.29, 0.717) is 21.4 Å². The molecule has 0 fully saturated rings. The Balaban J connectivity index is 1.73. The molecule has 0 aliphatic rings. The summed E-state index contributed by atoms with van der Waals surface area (Å²) in [5.74, 6) is -0.840. The second-order valence-corrected chi connectivity index (χ2v) is 10.6. The van der Waals surface area contributed by atoms with E-state index in [-0.39, 0.29) is 30.7 Å². The Morgan fingerprint density at radius 2 is 1.83 bits per heavy atom. The first-order chi connectivity index (χ1) is 16.9. The molecular weight excluding hydrogens is 508 g/mol. The van der Waals surface area contributed by atoms with Gasteiger partial charge in [0, 0.05) is 17.2 Å². The van der Waals surface area contributed by atoms with Crippen LogP contribution in [0, 0.1) is 0 Å². The van der Waals surface area contributed by atoms with Crippen molar-refractivity contribution in [2.45, 2.75) is 65.7 Å². The van der Waals surface area contributed by atoms with Crippen molar-refractivity contribution in [2.24, 2.45) is 0 Å². The summed E-state index contributed by atoms with van der Waals surface area (Å²) in [6.45, 7) is 10.6. The third kappa shape index (κ3) is 7.59. The average molecular weight is 537 g/mol. The van der Waals surface area contributed by atoms with Gasteiger partial charge >= 0.3 is 18.0 Å². The number of esters is 2. The molecule has 36 heavy (non-hydrogen) atoms. The van der Waals surface area contributed by atoms with Crippen molar-refractivity contribution < 1.29 is 33.0 Å². The smallest absolute Gasteiger partial charge is 0.408 e. The summed E-state index contributed by atoms with van der Waals surface area (Å²) < 4.78 is 21.1. The second-order valence-electron chi connectivity index (χ2n) is 8.81.